The first-order valence-corrected chi connectivity index (χ1v) is 6.97. The van der Waals surface area contributed by atoms with Gasteiger partial charge in [0.1, 0.15) is 0 Å². The predicted octanol–water partition coefficient (Wildman–Crippen LogP) is 2.81. The van der Waals surface area contributed by atoms with Gasteiger partial charge in [0.2, 0.25) is 0 Å². The zero-order chi connectivity index (χ0) is 13.7. The van der Waals surface area contributed by atoms with Gasteiger partial charge in [-0.25, -0.2) is 0 Å². The van der Waals surface area contributed by atoms with E-state index in [4.69, 9.17) is 10.9 Å². The summed E-state index contributed by atoms with van der Waals surface area (Å²) in [6.07, 6.45) is 4.71. The van der Waals surface area contributed by atoms with Crippen LogP contribution in [0.15, 0.2) is 29.4 Å². The number of hydrogen-bond donors (Lipinski definition) is 3. The average molecular weight is 261 g/mol. The van der Waals surface area contributed by atoms with Crippen LogP contribution >= 0.6 is 0 Å². The van der Waals surface area contributed by atoms with Crippen LogP contribution < -0.4 is 11.1 Å². The van der Waals surface area contributed by atoms with E-state index in [9.17, 15) is 0 Å². The Morgan fingerprint density at radius 1 is 1.37 bits per heavy atom. The predicted molar refractivity (Wildman–Crippen MR) is 78.9 cm³/mol. The minimum Gasteiger partial charge on any atom is -0.411 e. The Bertz CT molecular complexity index is 437. The number of nitrogens with two attached hydrogens (primary N) is 1. The summed E-state index contributed by atoms with van der Waals surface area (Å²) in [5, 5.41) is 15.5. The van der Waals surface area contributed by atoms with Gasteiger partial charge in [-0.05, 0) is 50.7 Å². The third-order valence-corrected chi connectivity index (χ3v) is 3.92. The Balaban J connectivity index is 1.89. The molecule has 1 aliphatic carbocycles. The molecule has 4 heteroatoms. The second kappa shape index (κ2) is 6.57. The Morgan fingerprint density at radius 2 is 2.11 bits per heavy atom. The molecule has 4 nitrogen and oxygen atoms in total. The fraction of sp³-hybridized carbons (Fsp3) is 0.533. The van der Waals surface area contributed by atoms with Gasteiger partial charge < -0.3 is 16.3 Å². The van der Waals surface area contributed by atoms with Crippen LogP contribution in [0.4, 0.5) is 5.69 Å². The molecule has 1 aromatic rings. The van der Waals surface area contributed by atoms with Crippen LogP contribution in [0.5, 0.6) is 0 Å². The van der Waals surface area contributed by atoms with E-state index < -0.39 is 0 Å². The number of anilines is 1. The SMILES string of the molecule is CC(=NO)c1cccc(NCC2CCC(N)CC2)c1. The molecule has 0 saturated heterocycles. The van der Waals surface area contributed by atoms with Gasteiger partial charge in [0.25, 0.3) is 0 Å². The van der Waals surface area contributed by atoms with Crippen LogP contribution in [-0.2, 0) is 0 Å². The molecule has 0 heterocycles. The Morgan fingerprint density at radius 3 is 2.79 bits per heavy atom. The highest BCUT2D eigenvalue weighted by Gasteiger charge is 2.18. The van der Waals surface area contributed by atoms with Crippen molar-refractivity contribution >= 4 is 11.4 Å². The summed E-state index contributed by atoms with van der Waals surface area (Å²) in [5.41, 5.74) is 8.57. The molecule has 0 atom stereocenters. The lowest BCUT2D eigenvalue weighted by atomic mass is 9.86. The van der Waals surface area contributed by atoms with Gasteiger partial charge in [-0.3, -0.25) is 0 Å². The van der Waals surface area contributed by atoms with Gasteiger partial charge in [-0.1, -0.05) is 17.3 Å². The standard InChI is InChI=1S/C15H23N3O/c1-11(18-19)13-3-2-4-15(9-13)17-10-12-5-7-14(16)8-6-12/h2-4,9,12,14,17,19H,5-8,10,16H2,1H3. The molecule has 0 aliphatic heterocycles. The normalized spacial score (nSPS) is 24.2. The first-order chi connectivity index (χ1) is 9.19. The molecular weight excluding hydrogens is 238 g/mol. The third-order valence-electron chi connectivity index (χ3n) is 3.92. The van der Waals surface area contributed by atoms with Crippen LogP contribution in [0.2, 0.25) is 0 Å². The summed E-state index contributed by atoms with van der Waals surface area (Å²) in [6.45, 7) is 2.78. The summed E-state index contributed by atoms with van der Waals surface area (Å²) in [4.78, 5) is 0. The zero-order valence-electron chi connectivity index (χ0n) is 11.5. The quantitative estimate of drug-likeness (QED) is 0.443. The second-order valence-corrected chi connectivity index (χ2v) is 5.43. The smallest absolute Gasteiger partial charge is 0.0837 e. The third kappa shape index (κ3) is 3.96. The van der Waals surface area contributed by atoms with Crippen molar-refractivity contribution in [3.8, 4) is 0 Å². The molecule has 2 rings (SSSR count). The molecule has 0 bridgehead atoms. The van der Waals surface area contributed by atoms with Crippen molar-refractivity contribution < 1.29 is 5.21 Å². The Labute approximate surface area is 114 Å². The van der Waals surface area contributed by atoms with E-state index >= 15 is 0 Å². The van der Waals surface area contributed by atoms with E-state index in [0.717, 1.165) is 36.6 Å². The molecule has 0 aromatic heterocycles. The first kappa shape index (κ1) is 13.9. The van der Waals surface area contributed by atoms with Gasteiger partial charge in [-0.15, -0.1) is 0 Å². The molecule has 1 aromatic carbocycles. The molecule has 0 spiro atoms. The van der Waals surface area contributed by atoms with Crippen LogP contribution in [0, 0.1) is 5.92 Å². The molecule has 0 amide bonds. The zero-order valence-corrected chi connectivity index (χ0v) is 11.5. The van der Waals surface area contributed by atoms with Crippen molar-refractivity contribution in [3.05, 3.63) is 29.8 Å². The summed E-state index contributed by atoms with van der Waals surface area (Å²) < 4.78 is 0. The lowest BCUT2D eigenvalue weighted by Gasteiger charge is -2.26. The molecule has 19 heavy (non-hydrogen) atoms. The Kier molecular flexibility index (Phi) is 4.80. The van der Waals surface area contributed by atoms with E-state index in [0.29, 0.717) is 11.8 Å². The minimum atomic E-state index is 0.406. The van der Waals surface area contributed by atoms with Crippen LogP contribution in [0.1, 0.15) is 38.2 Å². The van der Waals surface area contributed by atoms with E-state index in [-0.39, 0.29) is 0 Å². The number of nitrogens with one attached hydrogen (secondary N) is 1. The minimum absolute atomic E-state index is 0.406. The molecular formula is C15H23N3O. The summed E-state index contributed by atoms with van der Waals surface area (Å²) in [7, 11) is 0. The van der Waals surface area contributed by atoms with Crippen molar-refractivity contribution in [1.29, 1.82) is 0 Å². The number of nitrogens with zero attached hydrogens (tertiary/aromatic N) is 1. The second-order valence-electron chi connectivity index (χ2n) is 5.43. The average Bonchev–Trinajstić information content (AvgIpc) is 2.46. The molecule has 1 fully saturated rings. The fourth-order valence-corrected chi connectivity index (χ4v) is 2.57. The molecule has 4 N–H and O–H groups in total. The lowest BCUT2D eigenvalue weighted by Crippen LogP contribution is -2.29. The van der Waals surface area contributed by atoms with Crippen LogP contribution in [0.25, 0.3) is 0 Å². The first-order valence-electron chi connectivity index (χ1n) is 6.97. The van der Waals surface area contributed by atoms with Crippen molar-refractivity contribution in [1.82, 2.24) is 0 Å². The van der Waals surface area contributed by atoms with Gasteiger partial charge in [0.05, 0.1) is 5.71 Å². The maximum Gasteiger partial charge on any atom is 0.0837 e. The summed E-state index contributed by atoms with van der Waals surface area (Å²) in [6, 6.07) is 8.39. The monoisotopic (exact) mass is 261 g/mol. The number of oxime groups is 1. The highest BCUT2D eigenvalue weighted by Crippen LogP contribution is 2.23. The summed E-state index contributed by atoms with van der Waals surface area (Å²) in [5.74, 6) is 0.719. The van der Waals surface area contributed by atoms with E-state index in [1.54, 1.807) is 6.92 Å². The largest absolute Gasteiger partial charge is 0.411 e. The van der Waals surface area contributed by atoms with E-state index in [1.165, 1.54) is 12.8 Å². The van der Waals surface area contributed by atoms with E-state index in [2.05, 4.69) is 10.5 Å². The number of rotatable bonds is 4. The highest BCUT2D eigenvalue weighted by atomic mass is 16.4. The van der Waals surface area contributed by atoms with Gasteiger partial charge in [0, 0.05) is 23.8 Å². The fourth-order valence-electron chi connectivity index (χ4n) is 2.57. The van der Waals surface area contributed by atoms with E-state index in [1.807, 2.05) is 24.3 Å². The number of hydrogen-bond acceptors (Lipinski definition) is 4. The molecule has 0 unspecified atom stereocenters. The van der Waals surface area contributed by atoms with Gasteiger partial charge in [0.15, 0.2) is 0 Å². The Hall–Kier alpha value is -1.55. The van der Waals surface area contributed by atoms with Crippen molar-refractivity contribution in [2.75, 3.05) is 11.9 Å². The van der Waals surface area contributed by atoms with Crippen LogP contribution in [-0.4, -0.2) is 23.5 Å². The maximum atomic E-state index is 8.79. The molecule has 1 saturated carbocycles. The highest BCUT2D eigenvalue weighted by molar-refractivity contribution is 5.98. The molecule has 1 aliphatic rings. The maximum absolute atomic E-state index is 8.79. The van der Waals surface area contributed by atoms with Crippen molar-refractivity contribution in [2.45, 2.75) is 38.6 Å². The topological polar surface area (TPSA) is 70.6 Å². The van der Waals surface area contributed by atoms with Crippen molar-refractivity contribution in [2.24, 2.45) is 16.8 Å². The van der Waals surface area contributed by atoms with Gasteiger partial charge >= 0.3 is 0 Å². The van der Waals surface area contributed by atoms with Crippen molar-refractivity contribution in [3.63, 3.8) is 0 Å². The van der Waals surface area contributed by atoms with Gasteiger partial charge in [-0.2, -0.15) is 0 Å². The molecule has 104 valence electrons. The summed E-state index contributed by atoms with van der Waals surface area (Å²) >= 11 is 0. The molecule has 0 radical (unpaired) electrons. The lowest BCUT2D eigenvalue weighted by molar-refractivity contribution is 0.319. The van der Waals surface area contributed by atoms with Crippen LogP contribution in [0.3, 0.4) is 0 Å². The number of benzene rings is 1.